The van der Waals surface area contributed by atoms with E-state index >= 15 is 0 Å². The predicted molar refractivity (Wildman–Crippen MR) is 134 cm³/mol. The summed E-state index contributed by atoms with van der Waals surface area (Å²) >= 11 is 0. The highest BCUT2D eigenvalue weighted by Crippen LogP contribution is 2.42. The summed E-state index contributed by atoms with van der Waals surface area (Å²) in [6.45, 7) is 4.21. The van der Waals surface area contributed by atoms with Crippen molar-refractivity contribution < 1.29 is 28.6 Å². The Bertz CT molecular complexity index is 1330. The molecule has 1 N–H and O–H groups in total. The number of likely N-dealkylation sites (tertiary alicyclic amines) is 1. The van der Waals surface area contributed by atoms with Crippen LogP contribution in [0.15, 0.2) is 72.3 Å². The minimum absolute atomic E-state index is 0.00316. The molecule has 1 aliphatic rings. The standard InChI is InChI=1S/C29H28FNO5/c1-17(2)18-9-11-19(12-10-18)26-25(27(32)22-15-21(30)13-14-24(22)36-4)28(33)29(34)31(26)16-20-7-5-6-8-23(20)35-3/h5-15,17,26,32H,16H2,1-4H3/b27-25+. The Labute approximate surface area is 209 Å². The molecule has 6 nitrogen and oxygen atoms in total. The number of benzene rings is 3. The molecule has 3 aromatic carbocycles. The highest BCUT2D eigenvalue weighted by atomic mass is 19.1. The molecule has 186 valence electrons. The van der Waals surface area contributed by atoms with Crippen molar-refractivity contribution in [1.29, 1.82) is 0 Å². The zero-order valence-corrected chi connectivity index (χ0v) is 20.6. The van der Waals surface area contributed by atoms with Gasteiger partial charge >= 0.3 is 0 Å². The van der Waals surface area contributed by atoms with E-state index in [0.29, 0.717) is 16.9 Å². The quantitative estimate of drug-likeness (QED) is 0.266. The zero-order valence-electron chi connectivity index (χ0n) is 20.6. The third-order valence-corrected chi connectivity index (χ3v) is 6.41. The van der Waals surface area contributed by atoms with Gasteiger partial charge in [-0.1, -0.05) is 56.3 Å². The molecule has 0 bridgehead atoms. The number of ether oxygens (including phenoxy) is 2. The van der Waals surface area contributed by atoms with E-state index in [1.54, 1.807) is 6.07 Å². The molecule has 3 aromatic rings. The SMILES string of the molecule is COc1ccccc1CN1C(=O)C(=O)/C(=C(/O)c2cc(F)ccc2OC)C1c1ccc(C(C)C)cc1. The lowest BCUT2D eigenvalue weighted by atomic mass is 9.93. The maximum absolute atomic E-state index is 14.1. The van der Waals surface area contributed by atoms with Crippen molar-refractivity contribution in [2.45, 2.75) is 32.4 Å². The first-order valence-corrected chi connectivity index (χ1v) is 11.6. The van der Waals surface area contributed by atoms with Crippen LogP contribution >= 0.6 is 0 Å². The molecule has 0 spiro atoms. The molecule has 1 saturated heterocycles. The molecule has 1 unspecified atom stereocenters. The molecule has 0 saturated carbocycles. The third-order valence-electron chi connectivity index (χ3n) is 6.41. The number of aliphatic hydroxyl groups is 1. The monoisotopic (exact) mass is 489 g/mol. The first-order chi connectivity index (χ1) is 17.3. The lowest BCUT2D eigenvalue weighted by Gasteiger charge is -2.26. The van der Waals surface area contributed by atoms with Crippen molar-refractivity contribution in [3.8, 4) is 11.5 Å². The molecule has 0 radical (unpaired) electrons. The Hall–Kier alpha value is -4.13. The minimum Gasteiger partial charge on any atom is -0.507 e. The summed E-state index contributed by atoms with van der Waals surface area (Å²) in [4.78, 5) is 28.1. The Morgan fingerprint density at radius 2 is 1.64 bits per heavy atom. The van der Waals surface area contributed by atoms with Crippen LogP contribution in [0, 0.1) is 5.82 Å². The first-order valence-electron chi connectivity index (χ1n) is 11.6. The van der Waals surface area contributed by atoms with Gasteiger partial charge in [0.1, 0.15) is 23.1 Å². The van der Waals surface area contributed by atoms with Crippen molar-refractivity contribution in [1.82, 2.24) is 4.90 Å². The van der Waals surface area contributed by atoms with Crippen LogP contribution in [0.3, 0.4) is 0 Å². The van der Waals surface area contributed by atoms with Gasteiger partial charge in [-0.05, 0) is 41.3 Å². The number of carbonyl (C=O) groups is 2. The predicted octanol–water partition coefficient (Wildman–Crippen LogP) is 5.59. The summed E-state index contributed by atoms with van der Waals surface area (Å²) < 4.78 is 24.9. The topological polar surface area (TPSA) is 76.1 Å². The minimum atomic E-state index is -0.899. The van der Waals surface area contributed by atoms with Gasteiger partial charge in [-0.15, -0.1) is 0 Å². The first kappa shape index (κ1) is 25.0. The molecule has 1 fully saturated rings. The lowest BCUT2D eigenvalue weighted by molar-refractivity contribution is -0.140. The summed E-state index contributed by atoms with van der Waals surface area (Å²) in [5.74, 6) is -1.69. The van der Waals surface area contributed by atoms with Gasteiger partial charge in [0, 0.05) is 5.56 Å². The maximum atomic E-state index is 14.1. The molecular weight excluding hydrogens is 461 g/mol. The Morgan fingerprint density at radius 1 is 0.972 bits per heavy atom. The molecule has 1 atom stereocenters. The fourth-order valence-electron chi connectivity index (χ4n) is 4.48. The van der Waals surface area contributed by atoms with Gasteiger partial charge in [-0.3, -0.25) is 9.59 Å². The van der Waals surface area contributed by atoms with Gasteiger partial charge in [0.05, 0.1) is 37.9 Å². The molecular formula is C29H28FNO5. The Kier molecular flexibility index (Phi) is 7.10. The molecule has 4 rings (SSSR count). The van der Waals surface area contributed by atoms with E-state index in [9.17, 15) is 19.1 Å². The van der Waals surface area contributed by atoms with E-state index in [-0.39, 0.29) is 29.3 Å². The maximum Gasteiger partial charge on any atom is 0.295 e. The zero-order chi connectivity index (χ0) is 26.0. The fraction of sp³-hybridized carbons (Fsp3) is 0.241. The number of amides is 1. The van der Waals surface area contributed by atoms with Crippen molar-refractivity contribution in [3.05, 3.63) is 100 Å². The Morgan fingerprint density at radius 3 is 2.28 bits per heavy atom. The highest BCUT2D eigenvalue weighted by molar-refractivity contribution is 6.46. The molecule has 36 heavy (non-hydrogen) atoms. The smallest absolute Gasteiger partial charge is 0.295 e. The van der Waals surface area contributed by atoms with E-state index in [2.05, 4.69) is 13.8 Å². The number of Topliss-reactive ketones (excluding diaryl/α,β-unsaturated/α-hetero) is 1. The summed E-state index contributed by atoms with van der Waals surface area (Å²) in [6.07, 6.45) is 0. The van der Waals surface area contributed by atoms with Crippen LogP contribution < -0.4 is 9.47 Å². The molecule has 1 heterocycles. The second-order valence-corrected chi connectivity index (χ2v) is 8.90. The third kappa shape index (κ3) is 4.56. The molecule has 1 amide bonds. The average molecular weight is 490 g/mol. The lowest BCUT2D eigenvalue weighted by Crippen LogP contribution is -2.29. The fourth-order valence-corrected chi connectivity index (χ4v) is 4.48. The van der Waals surface area contributed by atoms with E-state index in [1.165, 1.54) is 31.3 Å². The molecule has 1 aliphatic heterocycles. The van der Waals surface area contributed by atoms with E-state index in [0.717, 1.165) is 11.6 Å². The van der Waals surface area contributed by atoms with Gasteiger partial charge in [0.25, 0.3) is 11.7 Å². The number of hydrogen-bond acceptors (Lipinski definition) is 5. The largest absolute Gasteiger partial charge is 0.507 e. The van der Waals surface area contributed by atoms with Crippen LogP contribution in [-0.4, -0.2) is 35.9 Å². The normalized spacial score (nSPS) is 17.1. The summed E-state index contributed by atoms with van der Waals surface area (Å²) in [5, 5.41) is 11.3. The second-order valence-electron chi connectivity index (χ2n) is 8.90. The van der Waals surface area contributed by atoms with E-state index in [4.69, 9.17) is 9.47 Å². The summed E-state index contributed by atoms with van der Waals surface area (Å²) in [7, 11) is 2.91. The van der Waals surface area contributed by atoms with Crippen LogP contribution in [0.5, 0.6) is 11.5 Å². The number of nitrogens with zero attached hydrogens (tertiary/aromatic N) is 1. The number of para-hydroxylation sites is 1. The molecule has 0 aromatic heterocycles. The number of methoxy groups -OCH3 is 2. The van der Waals surface area contributed by atoms with E-state index in [1.807, 2.05) is 42.5 Å². The summed E-state index contributed by atoms with van der Waals surface area (Å²) in [6, 6.07) is 17.5. The summed E-state index contributed by atoms with van der Waals surface area (Å²) in [5.41, 5.74) is 2.30. The highest BCUT2D eigenvalue weighted by Gasteiger charge is 2.46. The van der Waals surface area contributed by atoms with Crippen molar-refractivity contribution in [2.24, 2.45) is 0 Å². The van der Waals surface area contributed by atoms with Gasteiger partial charge < -0.3 is 19.5 Å². The number of carbonyl (C=O) groups excluding carboxylic acids is 2. The number of rotatable bonds is 7. The number of ketones is 1. The van der Waals surface area contributed by atoms with Crippen molar-refractivity contribution in [2.75, 3.05) is 14.2 Å². The number of halogens is 1. The van der Waals surface area contributed by atoms with Crippen LogP contribution in [0.2, 0.25) is 0 Å². The Balaban J connectivity index is 1.91. The van der Waals surface area contributed by atoms with E-state index < -0.39 is 29.3 Å². The number of aliphatic hydroxyl groups excluding tert-OH is 1. The van der Waals surface area contributed by atoms with Gasteiger partial charge in [0.2, 0.25) is 0 Å². The second kappa shape index (κ2) is 10.2. The number of hydrogen-bond donors (Lipinski definition) is 1. The van der Waals surface area contributed by atoms with Crippen molar-refractivity contribution in [3.63, 3.8) is 0 Å². The van der Waals surface area contributed by atoms with Gasteiger partial charge in [-0.2, -0.15) is 0 Å². The van der Waals surface area contributed by atoms with Crippen LogP contribution in [0.25, 0.3) is 5.76 Å². The van der Waals surface area contributed by atoms with Crippen LogP contribution in [-0.2, 0) is 16.1 Å². The van der Waals surface area contributed by atoms with Crippen LogP contribution in [0.1, 0.15) is 48.1 Å². The van der Waals surface area contributed by atoms with Gasteiger partial charge in [0.15, 0.2) is 0 Å². The molecule has 7 heteroatoms. The average Bonchev–Trinajstić information content (AvgIpc) is 3.13. The van der Waals surface area contributed by atoms with Crippen LogP contribution in [0.4, 0.5) is 4.39 Å². The van der Waals surface area contributed by atoms with Crippen molar-refractivity contribution >= 4 is 17.4 Å². The molecule has 0 aliphatic carbocycles. The van der Waals surface area contributed by atoms with Gasteiger partial charge in [-0.25, -0.2) is 4.39 Å².